The minimum absolute atomic E-state index is 0.169. The smallest absolute Gasteiger partial charge is 0.300 e. The zero-order valence-electron chi connectivity index (χ0n) is 19.2. The molecular weight excluding hydrogens is 445 g/mol. The summed E-state index contributed by atoms with van der Waals surface area (Å²) in [6.45, 7) is 6.72. The largest absolute Gasteiger partial charge is 0.417 e. The quantitative estimate of drug-likeness (QED) is 0.553. The summed E-state index contributed by atoms with van der Waals surface area (Å²) in [6.07, 6.45) is 3.22. The van der Waals surface area contributed by atoms with Crippen molar-refractivity contribution in [1.29, 1.82) is 0 Å². The molecule has 4 aliphatic rings. The molecule has 4 nitrogen and oxygen atoms in total. The van der Waals surface area contributed by atoms with Crippen LogP contribution in [0.3, 0.4) is 0 Å². The van der Waals surface area contributed by atoms with Crippen molar-refractivity contribution in [3.8, 4) is 11.3 Å². The molecule has 0 bridgehead atoms. The first-order valence-corrected chi connectivity index (χ1v) is 13.3. The van der Waals surface area contributed by atoms with Gasteiger partial charge in [-0.15, -0.1) is 0 Å². The van der Waals surface area contributed by atoms with Crippen LogP contribution in [0.2, 0.25) is 0 Å². The van der Waals surface area contributed by atoms with E-state index in [1.165, 1.54) is 62.2 Å². The van der Waals surface area contributed by atoms with Gasteiger partial charge in [0.2, 0.25) is 0 Å². The highest BCUT2D eigenvalue weighted by atomic mass is 32.2. The Hall–Kier alpha value is -1.54. The van der Waals surface area contributed by atoms with Gasteiger partial charge in [-0.25, -0.2) is 0 Å². The van der Waals surface area contributed by atoms with E-state index in [2.05, 4.69) is 35.5 Å². The maximum atomic E-state index is 13.2. The molecule has 8 heteroatoms. The molecule has 2 aromatic rings. The number of rotatable bonds is 4. The molecule has 2 aromatic heterocycles. The molecule has 178 valence electrons. The van der Waals surface area contributed by atoms with Gasteiger partial charge in [0, 0.05) is 54.0 Å². The Bertz CT molecular complexity index is 1030. The highest BCUT2D eigenvalue weighted by Crippen LogP contribution is 2.64. The van der Waals surface area contributed by atoms with Gasteiger partial charge in [0.1, 0.15) is 0 Å². The topological polar surface area (TPSA) is 34.0 Å². The fraction of sp³-hybridized carbons (Fsp3) is 0.680. The van der Waals surface area contributed by atoms with Crippen LogP contribution in [0.1, 0.15) is 62.7 Å². The number of thioether (sulfide) groups is 1. The molecule has 0 N–H and O–H groups in total. The average molecular weight is 477 g/mol. The Morgan fingerprint density at radius 1 is 1.12 bits per heavy atom. The molecule has 0 amide bonds. The van der Waals surface area contributed by atoms with Gasteiger partial charge in [0.15, 0.2) is 0 Å². The summed E-state index contributed by atoms with van der Waals surface area (Å²) in [7, 11) is 0. The summed E-state index contributed by atoms with van der Waals surface area (Å²) < 4.78 is 41.6. The molecule has 0 aromatic carbocycles. The first-order chi connectivity index (χ1) is 15.7. The Kier molecular flexibility index (Phi) is 5.15. The minimum Gasteiger partial charge on any atom is -0.300 e. The van der Waals surface area contributed by atoms with Crippen LogP contribution in [0.15, 0.2) is 24.5 Å². The van der Waals surface area contributed by atoms with Crippen LogP contribution >= 0.6 is 11.8 Å². The van der Waals surface area contributed by atoms with E-state index in [4.69, 9.17) is 5.10 Å². The zero-order valence-corrected chi connectivity index (χ0v) is 20.0. The number of aromatic nitrogens is 3. The number of fused-ring (bicyclic) bond motifs is 1. The molecule has 1 spiro atoms. The van der Waals surface area contributed by atoms with Gasteiger partial charge >= 0.3 is 6.18 Å². The summed E-state index contributed by atoms with van der Waals surface area (Å²) in [4.78, 5) is 6.61. The first-order valence-electron chi connectivity index (χ1n) is 12.2. The highest BCUT2D eigenvalue weighted by molar-refractivity contribution is 7.99. The van der Waals surface area contributed by atoms with Crippen molar-refractivity contribution in [3.05, 3.63) is 35.8 Å². The predicted octanol–water partition coefficient (Wildman–Crippen LogP) is 5.87. The van der Waals surface area contributed by atoms with E-state index in [0.717, 1.165) is 12.3 Å². The third kappa shape index (κ3) is 3.81. The van der Waals surface area contributed by atoms with E-state index >= 15 is 0 Å². The van der Waals surface area contributed by atoms with Crippen molar-refractivity contribution in [2.24, 2.45) is 17.3 Å². The van der Waals surface area contributed by atoms with Crippen LogP contribution in [-0.2, 0) is 6.18 Å². The number of alkyl halides is 3. The van der Waals surface area contributed by atoms with E-state index in [-0.39, 0.29) is 6.04 Å². The maximum Gasteiger partial charge on any atom is 0.417 e. The first kappa shape index (κ1) is 22.0. The van der Waals surface area contributed by atoms with Crippen LogP contribution in [0.5, 0.6) is 0 Å². The van der Waals surface area contributed by atoms with E-state index in [1.54, 1.807) is 0 Å². The second-order valence-corrected chi connectivity index (χ2v) is 12.1. The molecule has 2 saturated heterocycles. The highest BCUT2D eigenvalue weighted by Gasteiger charge is 2.59. The van der Waals surface area contributed by atoms with Crippen molar-refractivity contribution in [3.63, 3.8) is 0 Å². The van der Waals surface area contributed by atoms with Crippen LogP contribution in [0.4, 0.5) is 13.2 Å². The molecule has 0 radical (unpaired) electrons. The van der Waals surface area contributed by atoms with Gasteiger partial charge in [-0.2, -0.15) is 30.0 Å². The SMILES string of the molecule is CC(C)n1nc(-c2cncc(C(F)(F)F)c2)cc1C1[C@@H]2CC(N3CC[C@@]4(CCSC4)C3)C[C@@H]12. The van der Waals surface area contributed by atoms with E-state index < -0.39 is 11.7 Å². The molecule has 2 aliphatic carbocycles. The Balaban J connectivity index is 1.19. The predicted molar refractivity (Wildman–Crippen MR) is 124 cm³/mol. The third-order valence-corrected chi connectivity index (χ3v) is 9.86. The van der Waals surface area contributed by atoms with E-state index in [0.29, 0.717) is 40.5 Å². The second-order valence-electron chi connectivity index (χ2n) is 11.0. The van der Waals surface area contributed by atoms with Gasteiger partial charge in [-0.1, -0.05) is 0 Å². The maximum absolute atomic E-state index is 13.2. The average Bonchev–Trinajstić information content (AvgIpc) is 3.37. The van der Waals surface area contributed by atoms with Gasteiger partial charge in [-0.3, -0.25) is 14.6 Å². The van der Waals surface area contributed by atoms with Crippen LogP contribution in [-0.4, -0.2) is 50.3 Å². The van der Waals surface area contributed by atoms with Gasteiger partial charge in [-0.05, 0) is 81.2 Å². The lowest BCUT2D eigenvalue weighted by molar-refractivity contribution is -0.137. The van der Waals surface area contributed by atoms with Crippen LogP contribution in [0.25, 0.3) is 11.3 Å². The van der Waals surface area contributed by atoms with Gasteiger partial charge < -0.3 is 0 Å². The lowest BCUT2D eigenvalue weighted by atomic mass is 9.87. The van der Waals surface area contributed by atoms with Gasteiger partial charge in [0.05, 0.1) is 11.3 Å². The molecule has 4 fully saturated rings. The molecule has 2 aliphatic heterocycles. The van der Waals surface area contributed by atoms with E-state index in [9.17, 15) is 13.2 Å². The fourth-order valence-electron chi connectivity index (χ4n) is 6.75. The second kappa shape index (κ2) is 7.74. The molecule has 4 heterocycles. The van der Waals surface area contributed by atoms with Crippen molar-refractivity contribution >= 4 is 11.8 Å². The minimum atomic E-state index is -4.40. The number of likely N-dealkylation sites (tertiary alicyclic amines) is 1. The van der Waals surface area contributed by atoms with Crippen molar-refractivity contribution < 1.29 is 13.2 Å². The van der Waals surface area contributed by atoms with Crippen molar-refractivity contribution in [2.45, 2.75) is 63.7 Å². The number of halogens is 3. The van der Waals surface area contributed by atoms with Crippen molar-refractivity contribution in [1.82, 2.24) is 19.7 Å². The number of hydrogen-bond acceptors (Lipinski definition) is 4. The fourth-order valence-corrected chi connectivity index (χ4v) is 8.28. The molecular formula is C25H31F3N4S. The van der Waals surface area contributed by atoms with E-state index in [1.807, 2.05) is 10.7 Å². The van der Waals surface area contributed by atoms with Crippen LogP contribution < -0.4 is 0 Å². The number of nitrogens with zero attached hydrogens (tertiary/aromatic N) is 4. The van der Waals surface area contributed by atoms with Gasteiger partial charge in [0.25, 0.3) is 0 Å². The van der Waals surface area contributed by atoms with Crippen molar-refractivity contribution in [2.75, 3.05) is 24.6 Å². The molecule has 2 saturated carbocycles. The summed E-state index contributed by atoms with van der Waals surface area (Å²) in [5.41, 5.74) is 2.08. The Morgan fingerprint density at radius 2 is 1.91 bits per heavy atom. The summed E-state index contributed by atoms with van der Waals surface area (Å²) >= 11 is 2.13. The molecule has 3 atom stereocenters. The molecule has 0 unspecified atom stereocenters. The third-order valence-electron chi connectivity index (χ3n) is 8.55. The van der Waals surface area contributed by atoms with Crippen LogP contribution in [0, 0.1) is 17.3 Å². The summed E-state index contributed by atoms with van der Waals surface area (Å²) in [6, 6.07) is 4.07. The number of pyridine rings is 1. The Labute approximate surface area is 197 Å². The summed E-state index contributed by atoms with van der Waals surface area (Å²) in [5.74, 6) is 4.53. The summed E-state index contributed by atoms with van der Waals surface area (Å²) in [5, 5.41) is 4.73. The standard InChI is InChI=1S/C25H31F3N4S/c1-15(2)32-22(10-21(30-32)16-7-17(12-29-11-16)25(26,27)28)23-19-8-18(9-20(19)23)31-5-3-24(13-31)4-6-33-14-24/h7,10-12,15,18-20,23H,3-6,8-9,13-14H2,1-2H3/t18?,19-,20-,23?,24-/m1/s1. The normalized spacial score (nSPS) is 32.4. The Morgan fingerprint density at radius 3 is 2.58 bits per heavy atom. The lowest BCUT2D eigenvalue weighted by Gasteiger charge is -2.29. The number of hydrogen-bond donors (Lipinski definition) is 0. The lowest BCUT2D eigenvalue weighted by Crippen LogP contribution is -2.35. The molecule has 6 rings (SSSR count). The zero-order chi connectivity index (χ0) is 23.0. The molecule has 33 heavy (non-hydrogen) atoms. The monoisotopic (exact) mass is 476 g/mol.